The Bertz CT molecular complexity index is 382. The summed E-state index contributed by atoms with van der Waals surface area (Å²) in [5.74, 6) is -1.09. The summed E-state index contributed by atoms with van der Waals surface area (Å²) in [4.78, 5) is 21.9. The molecule has 1 unspecified atom stereocenters. The van der Waals surface area contributed by atoms with Gasteiger partial charge in [0.15, 0.2) is 0 Å². The average molecular weight is 281 g/mol. The van der Waals surface area contributed by atoms with Crippen LogP contribution in [-0.4, -0.2) is 50.9 Å². The third kappa shape index (κ3) is 8.76. The molecule has 0 aromatic carbocycles. The van der Waals surface area contributed by atoms with Crippen molar-refractivity contribution in [2.45, 2.75) is 25.8 Å². The smallest absolute Gasteiger partial charge is 0.326 e. The summed E-state index contributed by atoms with van der Waals surface area (Å²) in [6.45, 7) is 2.12. The molecule has 0 aliphatic rings. The zero-order chi connectivity index (χ0) is 14.2. The van der Waals surface area contributed by atoms with E-state index in [0.717, 1.165) is 6.26 Å². The molecule has 0 saturated heterocycles. The van der Waals surface area contributed by atoms with Crippen molar-refractivity contribution < 1.29 is 23.1 Å². The number of urea groups is 1. The third-order valence-electron chi connectivity index (χ3n) is 2.02. The lowest BCUT2D eigenvalue weighted by atomic mass is 10.2. The molecule has 0 radical (unpaired) electrons. The van der Waals surface area contributed by atoms with Gasteiger partial charge >= 0.3 is 12.0 Å². The fourth-order valence-corrected chi connectivity index (χ4v) is 1.61. The lowest BCUT2D eigenvalue weighted by Gasteiger charge is -2.13. The average Bonchev–Trinajstić information content (AvgIpc) is 2.23. The molecule has 18 heavy (non-hydrogen) atoms. The molecular formula is C9H19N3O5S. The molecule has 8 nitrogen and oxygen atoms in total. The van der Waals surface area contributed by atoms with Crippen molar-refractivity contribution in [3.8, 4) is 0 Å². The minimum absolute atomic E-state index is 0.218. The molecule has 0 aliphatic carbocycles. The molecule has 0 aromatic heterocycles. The Balaban J connectivity index is 3.75. The second-order valence-electron chi connectivity index (χ2n) is 3.72. The zero-order valence-electron chi connectivity index (χ0n) is 10.4. The summed E-state index contributed by atoms with van der Waals surface area (Å²) in [5.41, 5.74) is 0. The Kier molecular flexibility index (Phi) is 7.29. The van der Waals surface area contributed by atoms with Gasteiger partial charge in [-0.05, 0) is 12.8 Å². The van der Waals surface area contributed by atoms with Crippen molar-refractivity contribution in [1.29, 1.82) is 0 Å². The van der Waals surface area contributed by atoms with E-state index in [4.69, 9.17) is 5.11 Å². The van der Waals surface area contributed by atoms with Crippen LogP contribution >= 0.6 is 0 Å². The van der Waals surface area contributed by atoms with Crippen LogP contribution in [0.1, 0.15) is 19.8 Å². The number of rotatable bonds is 8. The number of amides is 2. The lowest BCUT2D eigenvalue weighted by Crippen LogP contribution is -2.46. The number of hydrogen-bond acceptors (Lipinski definition) is 4. The number of carboxylic acids is 1. The molecule has 0 bridgehead atoms. The van der Waals surface area contributed by atoms with Crippen molar-refractivity contribution in [2.24, 2.45) is 0 Å². The number of hydrogen-bond donors (Lipinski definition) is 4. The molecule has 106 valence electrons. The maximum Gasteiger partial charge on any atom is 0.326 e. The molecule has 0 saturated carbocycles. The van der Waals surface area contributed by atoms with Crippen LogP contribution < -0.4 is 15.4 Å². The van der Waals surface area contributed by atoms with E-state index in [0.29, 0.717) is 12.8 Å². The van der Waals surface area contributed by atoms with Crippen LogP contribution in [0, 0.1) is 0 Å². The monoisotopic (exact) mass is 281 g/mol. The Morgan fingerprint density at radius 3 is 2.33 bits per heavy atom. The Labute approximate surface area is 106 Å². The maximum atomic E-state index is 11.3. The Hall–Kier alpha value is -1.35. The van der Waals surface area contributed by atoms with E-state index < -0.39 is 28.1 Å². The fraction of sp³-hybridized carbons (Fsp3) is 0.778. The first-order valence-electron chi connectivity index (χ1n) is 5.48. The molecule has 0 aliphatic heterocycles. The van der Waals surface area contributed by atoms with Crippen LogP contribution in [0.3, 0.4) is 0 Å². The van der Waals surface area contributed by atoms with Gasteiger partial charge in [-0.2, -0.15) is 0 Å². The largest absolute Gasteiger partial charge is 0.480 e. The minimum Gasteiger partial charge on any atom is -0.480 e. The second-order valence-corrected chi connectivity index (χ2v) is 5.55. The van der Waals surface area contributed by atoms with Gasteiger partial charge in [0.2, 0.25) is 10.0 Å². The molecule has 1 atom stereocenters. The van der Waals surface area contributed by atoms with Crippen LogP contribution in [-0.2, 0) is 14.8 Å². The highest BCUT2D eigenvalue weighted by atomic mass is 32.2. The predicted molar refractivity (Wildman–Crippen MR) is 65.7 cm³/mol. The summed E-state index contributed by atoms with van der Waals surface area (Å²) in [6.07, 6.45) is 1.76. The third-order valence-corrected chi connectivity index (χ3v) is 2.74. The van der Waals surface area contributed by atoms with Gasteiger partial charge in [0.1, 0.15) is 6.04 Å². The first-order valence-corrected chi connectivity index (χ1v) is 7.37. The predicted octanol–water partition coefficient (Wildman–Crippen LogP) is -0.912. The normalized spacial score (nSPS) is 12.8. The number of sulfonamides is 1. The quantitative estimate of drug-likeness (QED) is 0.429. The topological polar surface area (TPSA) is 125 Å². The van der Waals surface area contributed by atoms with Gasteiger partial charge in [0.05, 0.1) is 6.26 Å². The van der Waals surface area contributed by atoms with Crippen molar-refractivity contribution in [1.82, 2.24) is 15.4 Å². The number of carbonyl (C=O) groups is 2. The maximum absolute atomic E-state index is 11.3. The van der Waals surface area contributed by atoms with Crippen LogP contribution in [0.4, 0.5) is 4.79 Å². The zero-order valence-corrected chi connectivity index (χ0v) is 11.2. The van der Waals surface area contributed by atoms with Gasteiger partial charge in [0.25, 0.3) is 0 Å². The first-order chi connectivity index (χ1) is 8.26. The van der Waals surface area contributed by atoms with Gasteiger partial charge in [0, 0.05) is 13.1 Å². The molecular weight excluding hydrogens is 262 g/mol. The van der Waals surface area contributed by atoms with Crippen LogP contribution in [0.5, 0.6) is 0 Å². The highest BCUT2D eigenvalue weighted by Crippen LogP contribution is 1.90. The van der Waals surface area contributed by atoms with Gasteiger partial charge in [-0.3, -0.25) is 0 Å². The molecule has 0 spiro atoms. The lowest BCUT2D eigenvalue weighted by molar-refractivity contribution is -0.139. The standard InChI is InChI=1S/C9H19N3O5S/c1-3-7(8(13)14)12-9(15)10-5-4-6-11-18(2,16)17/h7,11H,3-6H2,1-2H3,(H,13,14)(H2,10,12,15). The number of aliphatic carboxylic acids is 1. The Morgan fingerprint density at radius 1 is 1.28 bits per heavy atom. The molecule has 9 heteroatoms. The highest BCUT2D eigenvalue weighted by Gasteiger charge is 2.16. The Morgan fingerprint density at radius 2 is 1.89 bits per heavy atom. The van der Waals surface area contributed by atoms with Crippen molar-refractivity contribution >= 4 is 22.0 Å². The van der Waals surface area contributed by atoms with Gasteiger partial charge in [-0.25, -0.2) is 22.7 Å². The van der Waals surface area contributed by atoms with E-state index in [2.05, 4.69) is 15.4 Å². The van der Waals surface area contributed by atoms with Crippen LogP contribution in [0.25, 0.3) is 0 Å². The summed E-state index contributed by atoms with van der Waals surface area (Å²) < 4.78 is 23.7. The molecule has 0 heterocycles. The van der Waals surface area contributed by atoms with E-state index in [9.17, 15) is 18.0 Å². The summed E-state index contributed by atoms with van der Waals surface area (Å²) in [7, 11) is -3.22. The molecule has 0 rings (SSSR count). The minimum atomic E-state index is -3.22. The van der Waals surface area contributed by atoms with E-state index >= 15 is 0 Å². The SMILES string of the molecule is CCC(NC(=O)NCCCNS(C)(=O)=O)C(=O)O. The van der Waals surface area contributed by atoms with Crippen molar-refractivity contribution in [3.63, 3.8) is 0 Å². The van der Waals surface area contributed by atoms with Gasteiger partial charge in [-0.1, -0.05) is 6.92 Å². The number of nitrogens with one attached hydrogen (secondary N) is 3. The van der Waals surface area contributed by atoms with Gasteiger partial charge < -0.3 is 15.7 Å². The summed E-state index contributed by atoms with van der Waals surface area (Å²) in [5, 5.41) is 13.4. The summed E-state index contributed by atoms with van der Waals surface area (Å²) in [6, 6.07) is -1.50. The fourth-order valence-electron chi connectivity index (χ4n) is 1.10. The van der Waals surface area contributed by atoms with E-state index in [1.54, 1.807) is 6.92 Å². The first kappa shape index (κ1) is 16.6. The van der Waals surface area contributed by atoms with Gasteiger partial charge in [-0.15, -0.1) is 0 Å². The second kappa shape index (κ2) is 7.88. The van der Waals surface area contributed by atoms with E-state index in [-0.39, 0.29) is 13.1 Å². The van der Waals surface area contributed by atoms with Crippen LogP contribution in [0.15, 0.2) is 0 Å². The number of carboxylic acid groups (broad SMARTS) is 1. The van der Waals surface area contributed by atoms with Crippen LogP contribution in [0.2, 0.25) is 0 Å². The molecule has 0 aromatic rings. The molecule has 4 N–H and O–H groups in total. The van der Waals surface area contributed by atoms with Crippen molar-refractivity contribution in [2.75, 3.05) is 19.3 Å². The molecule has 0 fully saturated rings. The van der Waals surface area contributed by atoms with E-state index in [1.807, 2.05) is 0 Å². The van der Waals surface area contributed by atoms with E-state index in [1.165, 1.54) is 0 Å². The number of carbonyl (C=O) groups excluding carboxylic acids is 1. The van der Waals surface area contributed by atoms with Crippen molar-refractivity contribution in [3.05, 3.63) is 0 Å². The molecule has 2 amide bonds. The highest BCUT2D eigenvalue weighted by molar-refractivity contribution is 7.88. The summed E-state index contributed by atoms with van der Waals surface area (Å²) >= 11 is 0.